The summed E-state index contributed by atoms with van der Waals surface area (Å²) in [6.45, 7) is 6.75. The largest absolute Gasteiger partial charge is 0.447 e. The highest BCUT2D eigenvalue weighted by Gasteiger charge is 2.32. The third-order valence-electron chi connectivity index (χ3n) is 3.73. The van der Waals surface area contributed by atoms with Crippen LogP contribution in [0.3, 0.4) is 0 Å². The van der Waals surface area contributed by atoms with Crippen molar-refractivity contribution in [3.63, 3.8) is 0 Å². The number of nitrogens with one attached hydrogen (secondary N) is 1. The molecule has 2 fully saturated rings. The van der Waals surface area contributed by atoms with E-state index in [1.807, 2.05) is 18.7 Å². The van der Waals surface area contributed by atoms with Crippen LogP contribution in [0.4, 0.5) is 16.3 Å². The van der Waals surface area contributed by atoms with Crippen LogP contribution in [0.5, 0.6) is 0 Å². The molecule has 3 rings (SSSR count). The smallest absolute Gasteiger partial charge is 0.414 e. The Morgan fingerprint density at radius 3 is 2.63 bits per heavy atom. The Kier molecular flexibility index (Phi) is 3.06. The molecular formula is C12H19N5O2. The van der Waals surface area contributed by atoms with Gasteiger partial charge in [0.25, 0.3) is 0 Å². The fourth-order valence-corrected chi connectivity index (χ4v) is 2.58. The summed E-state index contributed by atoms with van der Waals surface area (Å²) in [4.78, 5) is 15.7. The van der Waals surface area contributed by atoms with Crippen molar-refractivity contribution in [1.82, 2.24) is 15.1 Å². The predicted octanol–water partition coefficient (Wildman–Crippen LogP) is 0.0947. The molecule has 1 N–H and O–H groups in total. The van der Waals surface area contributed by atoms with Crippen LogP contribution in [-0.2, 0) is 11.8 Å². The molecule has 0 atom stereocenters. The second kappa shape index (κ2) is 4.73. The normalized spacial score (nSPS) is 20.0. The zero-order valence-electron chi connectivity index (χ0n) is 11.3. The lowest BCUT2D eigenvalue weighted by molar-refractivity contribution is 0.181. The number of hydrogen-bond donors (Lipinski definition) is 1. The van der Waals surface area contributed by atoms with Gasteiger partial charge in [0.15, 0.2) is 5.82 Å². The van der Waals surface area contributed by atoms with Crippen molar-refractivity contribution in [1.29, 1.82) is 0 Å². The predicted molar refractivity (Wildman–Crippen MR) is 71.7 cm³/mol. The molecule has 19 heavy (non-hydrogen) atoms. The van der Waals surface area contributed by atoms with Crippen LogP contribution in [0.2, 0.25) is 0 Å². The average Bonchev–Trinajstić information content (AvgIpc) is 2.96. The van der Waals surface area contributed by atoms with Crippen molar-refractivity contribution in [3.05, 3.63) is 5.69 Å². The van der Waals surface area contributed by atoms with E-state index in [1.54, 1.807) is 4.90 Å². The Morgan fingerprint density at radius 2 is 2.00 bits per heavy atom. The van der Waals surface area contributed by atoms with E-state index in [-0.39, 0.29) is 6.09 Å². The van der Waals surface area contributed by atoms with Crippen molar-refractivity contribution < 1.29 is 9.53 Å². The Hall–Kier alpha value is -1.76. The third-order valence-corrected chi connectivity index (χ3v) is 3.73. The first-order valence-electron chi connectivity index (χ1n) is 6.62. The fraction of sp³-hybridized carbons (Fsp3) is 0.667. The van der Waals surface area contributed by atoms with Crippen LogP contribution < -0.4 is 15.1 Å². The number of nitrogens with zero attached hydrogens (tertiary/aromatic N) is 4. The molecule has 0 aliphatic carbocycles. The van der Waals surface area contributed by atoms with Crippen LogP contribution >= 0.6 is 0 Å². The fourth-order valence-electron chi connectivity index (χ4n) is 2.58. The number of carbonyl (C=O) groups is 1. The van der Waals surface area contributed by atoms with E-state index in [9.17, 15) is 4.79 Å². The van der Waals surface area contributed by atoms with Gasteiger partial charge in [-0.3, -0.25) is 9.58 Å². The van der Waals surface area contributed by atoms with E-state index in [1.165, 1.54) is 0 Å². The van der Waals surface area contributed by atoms with Gasteiger partial charge >= 0.3 is 6.09 Å². The minimum absolute atomic E-state index is 0.271. The van der Waals surface area contributed by atoms with Crippen molar-refractivity contribution in [3.8, 4) is 0 Å². The maximum Gasteiger partial charge on any atom is 0.414 e. The van der Waals surface area contributed by atoms with Gasteiger partial charge in [0.1, 0.15) is 12.3 Å². The Bertz CT molecular complexity index is 493. The van der Waals surface area contributed by atoms with E-state index in [4.69, 9.17) is 4.74 Å². The summed E-state index contributed by atoms with van der Waals surface area (Å²) in [5, 5.41) is 7.90. The molecule has 2 aliphatic rings. The molecule has 0 radical (unpaired) electrons. The number of amides is 1. The van der Waals surface area contributed by atoms with Gasteiger partial charge in [-0.1, -0.05) is 0 Å². The second-order valence-electron chi connectivity index (χ2n) is 4.88. The van der Waals surface area contributed by atoms with Gasteiger partial charge in [0, 0.05) is 33.2 Å². The summed E-state index contributed by atoms with van der Waals surface area (Å²) in [6, 6.07) is 0. The summed E-state index contributed by atoms with van der Waals surface area (Å²) in [6.07, 6.45) is -0.271. The van der Waals surface area contributed by atoms with Crippen molar-refractivity contribution in [2.24, 2.45) is 7.05 Å². The minimum atomic E-state index is -0.271. The maximum absolute atomic E-state index is 11.8. The Morgan fingerprint density at radius 1 is 1.26 bits per heavy atom. The summed E-state index contributed by atoms with van der Waals surface area (Å²) in [7, 11) is 1.91. The average molecular weight is 265 g/mol. The molecule has 0 unspecified atom stereocenters. The van der Waals surface area contributed by atoms with Crippen LogP contribution in [0.15, 0.2) is 0 Å². The first kappa shape index (κ1) is 12.3. The molecule has 1 amide bonds. The van der Waals surface area contributed by atoms with E-state index < -0.39 is 0 Å². The van der Waals surface area contributed by atoms with E-state index >= 15 is 0 Å². The summed E-state index contributed by atoms with van der Waals surface area (Å²) in [5.74, 6) is 0.889. The van der Waals surface area contributed by atoms with Gasteiger partial charge in [-0.2, -0.15) is 5.10 Å². The zero-order valence-corrected chi connectivity index (χ0v) is 11.3. The number of hydrogen-bond acceptors (Lipinski definition) is 5. The van der Waals surface area contributed by atoms with E-state index in [2.05, 4.69) is 15.3 Å². The summed E-state index contributed by atoms with van der Waals surface area (Å²) >= 11 is 0. The quantitative estimate of drug-likeness (QED) is 0.821. The topological polar surface area (TPSA) is 62.6 Å². The highest BCUT2D eigenvalue weighted by Crippen LogP contribution is 2.33. The van der Waals surface area contributed by atoms with Gasteiger partial charge in [-0.05, 0) is 6.92 Å². The van der Waals surface area contributed by atoms with Crippen LogP contribution in [0.25, 0.3) is 0 Å². The zero-order chi connectivity index (χ0) is 13.4. The van der Waals surface area contributed by atoms with Gasteiger partial charge in [0.2, 0.25) is 0 Å². The van der Waals surface area contributed by atoms with Gasteiger partial charge < -0.3 is 15.0 Å². The molecule has 3 heterocycles. The monoisotopic (exact) mass is 265 g/mol. The molecule has 0 spiro atoms. The number of piperazine rings is 1. The SMILES string of the molecule is Cc1c(N2CCOC2=O)c(N2CCNCC2)nn1C. The molecule has 7 nitrogen and oxygen atoms in total. The third kappa shape index (κ3) is 2.03. The second-order valence-corrected chi connectivity index (χ2v) is 4.88. The number of aromatic nitrogens is 2. The molecule has 104 valence electrons. The van der Waals surface area contributed by atoms with Crippen molar-refractivity contribution in [2.45, 2.75) is 6.92 Å². The summed E-state index contributed by atoms with van der Waals surface area (Å²) in [5.41, 5.74) is 1.89. The first-order chi connectivity index (χ1) is 9.18. The first-order valence-corrected chi connectivity index (χ1v) is 6.62. The molecule has 2 saturated heterocycles. The van der Waals surface area contributed by atoms with Gasteiger partial charge in [0.05, 0.1) is 12.2 Å². The molecule has 1 aromatic heterocycles. The lowest BCUT2D eigenvalue weighted by Crippen LogP contribution is -2.44. The van der Waals surface area contributed by atoms with Crippen LogP contribution in [0, 0.1) is 6.92 Å². The van der Waals surface area contributed by atoms with Gasteiger partial charge in [-0.25, -0.2) is 4.79 Å². The number of anilines is 2. The maximum atomic E-state index is 11.8. The Labute approximate surface area is 112 Å². The van der Waals surface area contributed by atoms with E-state index in [0.717, 1.165) is 43.4 Å². The molecule has 7 heteroatoms. The molecular weight excluding hydrogens is 246 g/mol. The van der Waals surface area contributed by atoms with Gasteiger partial charge in [-0.15, -0.1) is 0 Å². The lowest BCUT2D eigenvalue weighted by atomic mass is 10.3. The molecule has 0 aromatic carbocycles. The van der Waals surface area contributed by atoms with Crippen LogP contribution in [0.1, 0.15) is 5.69 Å². The van der Waals surface area contributed by atoms with Crippen LogP contribution in [-0.4, -0.2) is 55.2 Å². The van der Waals surface area contributed by atoms with Crippen molar-refractivity contribution >= 4 is 17.6 Å². The molecule has 0 saturated carbocycles. The van der Waals surface area contributed by atoms with E-state index in [0.29, 0.717) is 13.2 Å². The molecule has 0 bridgehead atoms. The number of carbonyl (C=O) groups excluding carboxylic acids is 1. The number of rotatable bonds is 2. The van der Waals surface area contributed by atoms with Crippen molar-refractivity contribution in [2.75, 3.05) is 49.1 Å². The lowest BCUT2D eigenvalue weighted by Gasteiger charge is -2.29. The number of aryl methyl sites for hydroxylation is 1. The number of ether oxygens (including phenoxy) is 1. The highest BCUT2D eigenvalue weighted by atomic mass is 16.6. The molecule has 1 aromatic rings. The number of cyclic esters (lactones) is 1. The highest BCUT2D eigenvalue weighted by molar-refractivity contribution is 5.94. The summed E-state index contributed by atoms with van der Waals surface area (Å²) < 4.78 is 6.88. The Balaban J connectivity index is 1.99. The minimum Gasteiger partial charge on any atom is -0.447 e. The standard InChI is InChI=1S/C12H19N5O2/c1-9-10(17-7-8-19-12(17)18)11(14-15(9)2)16-5-3-13-4-6-16/h13H,3-8H2,1-2H3. The molecule has 2 aliphatic heterocycles.